The molecule has 6 heteroatoms. The summed E-state index contributed by atoms with van der Waals surface area (Å²) in [5, 5.41) is 4.18. The Morgan fingerprint density at radius 1 is 1.19 bits per heavy atom. The monoisotopic (exact) mass is 369 g/mol. The van der Waals surface area contributed by atoms with Gasteiger partial charge in [-0.15, -0.1) is 0 Å². The number of carbonyl (C=O) groups is 1. The van der Waals surface area contributed by atoms with Crippen molar-refractivity contribution < 1.29 is 9.18 Å². The van der Waals surface area contributed by atoms with Crippen LogP contribution in [0.4, 0.5) is 4.39 Å². The minimum Gasteiger partial charge on any atom is -0.354 e. The summed E-state index contributed by atoms with van der Waals surface area (Å²) in [5.74, 6) is -0.279. The van der Waals surface area contributed by atoms with Crippen LogP contribution in [-0.4, -0.2) is 35.4 Å². The number of nitrogens with zero attached hydrogens (tertiary/aromatic N) is 2. The van der Waals surface area contributed by atoms with Gasteiger partial charge in [0.2, 0.25) is 5.91 Å². The molecule has 1 aliphatic rings. The Morgan fingerprint density at radius 3 is 2.88 bits per heavy atom. The molecule has 4 nitrogen and oxygen atoms in total. The van der Waals surface area contributed by atoms with E-state index in [-0.39, 0.29) is 11.7 Å². The third-order valence-corrected chi connectivity index (χ3v) is 4.89. The van der Waals surface area contributed by atoms with Crippen molar-refractivity contribution in [1.82, 2.24) is 15.2 Å². The van der Waals surface area contributed by atoms with Crippen molar-refractivity contribution in [2.45, 2.75) is 6.54 Å². The predicted molar refractivity (Wildman–Crippen MR) is 100 cm³/mol. The first kappa shape index (κ1) is 16.9. The van der Waals surface area contributed by atoms with E-state index in [2.05, 4.69) is 10.3 Å². The summed E-state index contributed by atoms with van der Waals surface area (Å²) in [5.41, 5.74) is 2.91. The lowest BCUT2D eigenvalue weighted by atomic mass is 10.0. The van der Waals surface area contributed by atoms with Crippen molar-refractivity contribution in [1.29, 1.82) is 0 Å². The van der Waals surface area contributed by atoms with E-state index in [0.717, 1.165) is 28.6 Å². The third-order valence-electron chi connectivity index (χ3n) is 4.56. The second-order valence-corrected chi connectivity index (χ2v) is 6.81. The summed E-state index contributed by atoms with van der Waals surface area (Å²) >= 11 is 6.23. The highest BCUT2D eigenvalue weighted by atomic mass is 35.5. The molecule has 26 heavy (non-hydrogen) atoms. The van der Waals surface area contributed by atoms with Gasteiger partial charge in [0.05, 0.1) is 17.1 Å². The fraction of sp³-hybridized carbons (Fsp3) is 0.200. The molecule has 1 aliphatic heterocycles. The standard InChI is InChI=1S/C20H17ClFN3O/c21-17-5-6-23-19-4-2-14(10-16(17)19)15-3-1-13(9-18(15)22)11-25-8-7-24-20(26)12-25/h1-6,9-10H,7-8,11-12H2,(H,24,26). The van der Waals surface area contributed by atoms with E-state index in [1.54, 1.807) is 18.3 Å². The van der Waals surface area contributed by atoms with Gasteiger partial charge >= 0.3 is 0 Å². The quantitative estimate of drug-likeness (QED) is 0.766. The van der Waals surface area contributed by atoms with Crippen molar-refractivity contribution in [3.63, 3.8) is 0 Å². The normalized spacial score (nSPS) is 15.2. The first-order chi connectivity index (χ1) is 12.6. The van der Waals surface area contributed by atoms with E-state index < -0.39 is 0 Å². The Kier molecular flexibility index (Phi) is 4.57. The van der Waals surface area contributed by atoms with Gasteiger partial charge in [-0.1, -0.05) is 29.8 Å². The molecule has 4 rings (SSSR count). The zero-order chi connectivity index (χ0) is 18.1. The average molecular weight is 370 g/mol. The molecule has 0 radical (unpaired) electrons. The van der Waals surface area contributed by atoms with Crippen LogP contribution in [-0.2, 0) is 11.3 Å². The molecule has 2 heterocycles. The lowest BCUT2D eigenvalue weighted by Gasteiger charge is -2.26. The van der Waals surface area contributed by atoms with Gasteiger partial charge in [0, 0.05) is 36.8 Å². The van der Waals surface area contributed by atoms with Crippen LogP contribution in [0, 0.1) is 5.82 Å². The molecule has 1 N–H and O–H groups in total. The molecule has 0 saturated carbocycles. The summed E-state index contributed by atoms with van der Waals surface area (Å²) in [4.78, 5) is 17.7. The van der Waals surface area contributed by atoms with Crippen molar-refractivity contribution in [2.24, 2.45) is 0 Å². The van der Waals surface area contributed by atoms with Crippen molar-refractivity contribution in [3.8, 4) is 11.1 Å². The van der Waals surface area contributed by atoms with Crippen LogP contribution in [0.1, 0.15) is 5.56 Å². The molecule has 2 aromatic carbocycles. The Labute approximate surface area is 155 Å². The van der Waals surface area contributed by atoms with Crippen molar-refractivity contribution >= 4 is 28.4 Å². The molecule has 1 aromatic heterocycles. The smallest absolute Gasteiger partial charge is 0.234 e. The van der Waals surface area contributed by atoms with E-state index in [0.29, 0.717) is 30.2 Å². The van der Waals surface area contributed by atoms with Gasteiger partial charge in [0.25, 0.3) is 0 Å². The molecule has 0 unspecified atom stereocenters. The Balaban J connectivity index is 1.62. The van der Waals surface area contributed by atoms with Gasteiger partial charge in [-0.25, -0.2) is 4.39 Å². The molecule has 0 bridgehead atoms. The van der Waals surface area contributed by atoms with Crippen LogP contribution in [0.5, 0.6) is 0 Å². The Morgan fingerprint density at radius 2 is 2.08 bits per heavy atom. The second-order valence-electron chi connectivity index (χ2n) is 6.40. The first-order valence-corrected chi connectivity index (χ1v) is 8.80. The van der Waals surface area contributed by atoms with E-state index in [4.69, 9.17) is 11.6 Å². The number of piperazine rings is 1. The van der Waals surface area contributed by atoms with Gasteiger partial charge < -0.3 is 5.32 Å². The van der Waals surface area contributed by atoms with Crippen molar-refractivity contribution in [2.75, 3.05) is 19.6 Å². The number of fused-ring (bicyclic) bond motifs is 1. The first-order valence-electron chi connectivity index (χ1n) is 8.42. The Hall–Kier alpha value is -2.50. The number of benzene rings is 2. The van der Waals surface area contributed by atoms with Crippen LogP contribution in [0.25, 0.3) is 22.0 Å². The number of carbonyl (C=O) groups excluding carboxylic acids is 1. The minimum absolute atomic E-state index is 0.00925. The van der Waals surface area contributed by atoms with Gasteiger partial charge in [-0.3, -0.25) is 14.7 Å². The molecule has 0 atom stereocenters. The molecular weight excluding hydrogens is 353 g/mol. The number of amides is 1. The fourth-order valence-electron chi connectivity index (χ4n) is 3.26. The highest BCUT2D eigenvalue weighted by Gasteiger charge is 2.17. The zero-order valence-corrected chi connectivity index (χ0v) is 14.8. The third kappa shape index (κ3) is 3.41. The molecule has 1 fully saturated rings. The lowest BCUT2D eigenvalue weighted by Crippen LogP contribution is -2.47. The van der Waals surface area contributed by atoms with Crippen LogP contribution < -0.4 is 5.32 Å². The summed E-state index contributed by atoms with van der Waals surface area (Å²) in [7, 11) is 0. The van der Waals surface area contributed by atoms with E-state index >= 15 is 0 Å². The summed E-state index contributed by atoms with van der Waals surface area (Å²) in [6.07, 6.45) is 1.65. The van der Waals surface area contributed by atoms with Gasteiger partial charge in [-0.05, 0) is 35.4 Å². The van der Waals surface area contributed by atoms with E-state index in [1.807, 2.05) is 29.2 Å². The average Bonchev–Trinajstić information content (AvgIpc) is 2.62. The number of aromatic nitrogens is 1. The molecule has 1 amide bonds. The van der Waals surface area contributed by atoms with Gasteiger partial charge in [0.15, 0.2) is 0 Å². The lowest BCUT2D eigenvalue weighted by molar-refractivity contribution is -0.124. The molecular formula is C20H17ClFN3O. The predicted octanol–water partition coefficient (Wildman–Crippen LogP) is 3.63. The molecule has 3 aromatic rings. The molecule has 0 aliphatic carbocycles. The number of rotatable bonds is 3. The highest BCUT2D eigenvalue weighted by molar-refractivity contribution is 6.35. The van der Waals surface area contributed by atoms with Crippen LogP contribution in [0.15, 0.2) is 48.7 Å². The maximum atomic E-state index is 14.7. The molecule has 132 valence electrons. The van der Waals surface area contributed by atoms with Crippen LogP contribution in [0.2, 0.25) is 5.02 Å². The fourth-order valence-corrected chi connectivity index (χ4v) is 3.46. The van der Waals surface area contributed by atoms with Gasteiger partial charge in [-0.2, -0.15) is 0 Å². The summed E-state index contributed by atoms with van der Waals surface area (Å²) in [6.45, 7) is 2.30. The second kappa shape index (κ2) is 7.02. The zero-order valence-electron chi connectivity index (χ0n) is 14.0. The van der Waals surface area contributed by atoms with Crippen LogP contribution in [0.3, 0.4) is 0 Å². The number of hydrogen-bond donors (Lipinski definition) is 1. The molecule has 1 saturated heterocycles. The largest absolute Gasteiger partial charge is 0.354 e. The maximum absolute atomic E-state index is 14.7. The number of hydrogen-bond acceptors (Lipinski definition) is 3. The maximum Gasteiger partial charge on any atom is 0.234 e. The van der Waals surface area contributed by atoms with Gasteiger partial charge in [0.1, 0.15) is 5.82 Å². The SMILES string of the molecule is O=C1CN(Cc2ccc(-c3ccc4nccc(Cl)c4c3)c(F)c2)CCN1. The summed E-state index contributed by atoms with van der Waals surface area (Å²) in [6, 6.07) is 12.5. The van der Waals surface area contributed by atoms with Crippen LogP contribution >= 0.6 is 11.6 Å². The topological polar surface area (TPSA) is 45.2 Å². The minimum atomic E-state index is -0.289. The number of halogens is 2. The summed E-state index contributed by atoms with van der Waals surface area (Å²) < 4.78 is 14.7. The highest BCUT2D eigenvalue weighted by Crippen LogP contribution is 2.30. The molecule has 0 spiro atoms. The van der Waals surface area contributed by atoms with E-state index in [9.17, 15) is 9.18 Å². The Bertz CT molecular complexity index is 992. The van der Waals surface area contributed by atoms with Crippen molar-refractivity contribution in [3.05, 3.63) is 65.1 Å². The number of nitrogens with one attached hydrogen (secondary N) is 1. The number of pyridine rings is 1. The van der Waals surface area contributed by atoms with E-state index in [1.165, 1.54) is 6.07 Å².